The van der Waals surface area contributed by atoms with Crippen LogP contribution >= 0.6 is 0 Å². The first-order valence-corrected chi connectivity index (χ1v) is 10.5. The van der Waals surface area contributed by atoms with Crippen molar-refractivity contribution in [2.75, 3.05) is 7.11 Å². The van der Waals surface area contributed by atoms with Gasteiger partial charge in [0.15, 0.2) is 0 Å². The first-order chi connectivity index (χ1) is 15.1. The highest BCUT2D eigenvalue weighted by molar-refractivity contribution is 5.92. The lowest BCUT2D eigenvalue weighted by atomic mass is 10.0. The molecular weight excluding hydrogens is 432 g/mol. The third-order valence-corrected chi connectivity index (χ3v) is 3.98. The standard InChI is InChI=1S/C23H34N2O8/c1-22(2,3)32-18(27)13-16(25-21(30)33-23(4,5)6)19(28)24-17(20(29)31-7)12-14-8-10-15(26)11-9-14/h8-11,16-17,26H,12-13H2,1-7H3,(H,24,28)(H,25,30)/t16-,17+/m1/s1. The summed E-state index contributed by atoms with van der Waals surface area (Å²) < 4.78 is 15.2. The summed E-state index contributed by atoms with van der Waals surface area (Å²) in [6.45, 7) is 9.98. The lowest BCUT2D eigenvalue weighted by molar-refractivity contribution is -0.156. The quantitative estimate of drug-likeness (QED) is 0.391. The van der Waals surface area contributed by atoms with Crippen molar-refractivity contribution in [1.29, 1.82) is 0 Å². The molecule has 10 heteroatoms. The monoisotopic (exact) mass is 466 g/mol. The summed E-state index contributed by atoms with van der Waals surface area (Å²) in [5.74, 6) is -2.17. The van der Waals surface area contributed by atoms with E-state index in [-0.39, 0.29) is 12.2 Å². The number of ether oxygens (including phenoxy) is 3. The Morgan fingerprint density at radius 1 is 0.879 bits per heavy atom. The number of carbonyl (C=O) groups excluding carboxylic acids is 4. The SMILES string of the molecule is COC(=O)[C@H](Cc1ccc(O)cc1)NC(=O)[C@@H](CC(=O)OC(C)(C)C)NC(=O)OC(C)(C)C. The summed E-state index contributed by atoms with van der Waals surface area (Å²) in [6.07, 6.45) is -1.32. The minimum absolute atomic E-state index is 0.0522. The maximum atomic E-state index is 13.0. The molecule has 3 N–H and O–H groups in total. The van der Waals surface area contributed by atoms with Gasteiger partial charge in [-0.3, -0.25) is 9.59 Å². The first-order valence-electron chi connectivity index (χ1n) is 10.5. The zero-order chi connectivity index (χ0) is 25.4. The van der Waals surface area contributed by atoms with Crippen molar-refractivity contribution in [3.8, 4) is 5.75 Å². The zero-order valence-electron chi connectivity index (χ0n) is 20.2. The van der Waals surface area contributed by atoms with E-state index in [1.54, 1.807) is 53.7 Å². The fraction of sp³-hybridized carbons (Fsp3) is 0.565. The third kappa shape index (κ3) is 11.2. The third-order valence-electron chi connectivity index (χ3n) is 3.98. The van der Waals surface area contributed by atoms with Gasteiger partial charge >= 0.3 is 18.0 Å². The molecule has 0 radical (unpaired) electrons. The Kier molecular flexibility index (Phi) is 9.69. The minimum Gasteiger partial charge on any atom is -0.508 e. The van der Waals surface area contributed by atoms with E-state index in [2.05, 4.69) is 10.6 Å². The molecule has 0 aliphatic rings. The molecule has 0 aliphatic carbocycles. The number of alkyl carbamates (subject to hydrolysis) is 1. The van der Waals surface area contributed by atoms with E-state index < -0.39 is 53.6 Å². The minimum atomic E-state index is -1.36. The van der Waals surface area contributed by atoms with E-state index >= 15 is 0 Å². The van der Waals surface area contributed by atoms with E-state index in [4.69, 9.17) is 14.2 Å². The number of esters is 2. The van der Waals surface area contributed by atoms with Crippen molar-refractivity contribution in [1.82, 2.24) is 10.6 Å². The van der Waals surface area contributed by atoms with Crippen LogP contribution < -0.4 is 10.6 Å². The molecule has 1 aromatic rings. The molecule has 2 atom stereocenters. The summed E-state index contributed by atoms with van der Waals surface area (Å²) in [5.41, 5.74) is -0.977. The zero-order valence-corrected chi connectivity index (χ0v) is 20.2. The predicted octanol–water partition coefficient (Wildman–Crippen LogP) is 2.22. The van der Waals surface area contributed by atoms with Crippen LogP contribution in [0, 0.1) is 0 Å². The summed E-state index contributed by atoms with van der Waals surface area (Å²) in [6, 6.07) is 3.61. The van der Waals surface area contributed by atoms with Crippen LogP contribution in [0.2, 0.25) is 0 Å². The van der Waals surface area contributed by atoms with Crippen LogP contribution in [0.1, 0.15) is 53.5 Å². The van der Waals surface area contributed by atoms with E-state index in [0.29, 0.717) is 5.56 Å². The lowest BCUT2D eigenvalue weighted by Crippen LogP contribution is -2.54. The van der Waals surface area contributed by atoms with Crippen LogP contribution in [0.5, 0.6) is 5.75 Å². The van der Waals surface area contributed by atoms with Gasteiger partial charge in [-0.15, -0.1) is 0 Å². The Morgan fingerprint density at radius 2 is 1.42 bits per heavy atom. The molecule has 0 heterocycles. The van der Waals surface area contributed by atoms with Gasteiger partial charge in [0.2, 0.25) is 5.91 Å². The van der Waals surface area contributed by atoms with Gasteiger partial charge in [0.25, 0.3) is 0 Å². The van der Waals surface area contributed by atoms with Crippen LogP contribution in [0.4, 0.5) is 4.79 Å². The number of phenolic OH excluding ortho intramolecular Hbond substituents is 1. The molecule has 0 spiro atoms. The number of hydrogen-bond donors (Lipinski definition) is 3. The number of aromatic hydroxyl groups is 1. The van der Waals surface area contributed by atoms with Gasteiger partial charge in [0.1, 0.15) is 29.0 Å². The maximum Gasteiger partial charge on any atom is 0.408 e. The maximum absolute atomic E-state index is 13.0. The molecule has 0 saturated heterocycles. The van der Waals surface area contributed by atoms with E-state index in [1.165, 1.54) is 19.2 Å². The van der Waals surface area contributed by atoms with Crippen molar-refractivity contribution < 1.29 is 38.5 Å². The number of amides is 2. The Balaban J connectivity index is 3.04. The van der Waals surface area contributed by atoms with Crippen LogP contribution in [0.3, 0.4) is 0 Å². The van der Waals surface area contributed by atoms with Gasteiger partial charge in [0, 0.05) is 6.42 Å². The highest BCUT2D eigenvalue weighted by atomic mass is 16.6. The molecule has 33 heavy (non-hydrogen) atoms. The number of nitrogens with one attached hydrogen (secondary N) is 2. The molecule has 2 amide bonds. The molecule has 184 valence electrons. The first kappa shape index (κ1) is 27.7. The molecular formula is C23H34N2O8. The molecule has 0 aromatic heterocycles. The number of carbonyl (C=O) groups is 4. The molecule has 0 saturated carbocycles. The Hall–Kier alpha value is -3.30. The molecule has 1 aromatic carbocycles. The topological polar surface area (TPSA) is 140 Å². The molecule has 0 aliphatic heterocycles. The highest BCUT2D eigenvalue weighted by Gasteiger charge is 2.32. The fourth-order valence-electron chi connectivity index (χ4n) is 2.68. The average molecular weight is 467 g/mol. The summed E-state index contributed by atoms with van der Waals surface area (Å²) in [5, 5.41) is 14.3. The Morgan fingerprint density at radius 3 is 1.91 bits per heavy atom. The molecule has 10 nitrogen and oxygen atoms in total. The number of methoxy groups -OCH3 is 1. The second-order valence-electron chi connectivity index (χ2n) is 9.44. The fourth-order valence-corrected chi connectivity index (χ4v) is 2.68. The average Bonchev–Trinajstić information content (AvgIpc) is 2.64. The molecule has 0 unspecified atom stereocenters. The van der Waals surface area contributed by atoms with Gasteiger partial charge in [-0.2, -0.15) is 0 Å². The van der Waals surface area contributed by atoms with Crippen molar-refractivity contribution in [2.45, 2.75) is 77.7 Å². The predicted molar refractivity (Wildman–Crippen MR) is 119 cm³/mol. The van der Waals surface area contributed by atoms with Crippen LogP contribution in [-0.2, 0) is 35.0 Å². The van der Waals surface area contributed by atoms with Crippen LogP contribution in [-0.4, -0.2) is 59.4 Å². The highest BCUT2D eigenvalue weighted by Crippen LogP contribution is 2.14. The molecule has 0 fully saturated rings. The van der Waals surface area contributed by atoms with Crippen LogP contribution in [0.15, 0.2) is 24.3 Å². The summed E-state index contributed by atoms with van der Waals surface area (Å²) in [4.78, 5) is 49.8. The largest absolute Gasteiger partial charge is 0.508 e. The molecule has 0 bridgehead atoms. The van der Waals surface area contributed by atoms with Crippen molar-refractivity contribution in [3.05, 3.63) is 29.8 Å². The number of phenols is 1. The van der Waals surface area contributed by atoms with Gasteiger partial charge in [-0.05, 0) is 59.2 Å². The van der Waals surface area contributed by atoms with Crippen molar-refractivity contribution in [3.63, 3.8) is 0 Å². The summed E-state index contributed by atoms with van der Waals surface area (Å²) >= 11 is 0. The smallest absolute Gasteiger partial charge is 0.408 e. The van der Waals surface area contributed by atoms with E-state index in [0.717, 1.165) is 0 Å². The van der Waals surface area contributed by atoms with E-state index in [9.17, 15) is 24.3 Å². The van der Waals surface area contributed by atoms with Gasteiger partial charge in [-0.25, -0.2) is 9.59 Å². The van der Waals surface area contributed by atoms with Gasteiger partial charge in [-0.1, -0.05) is 12.1 Å². The Bertz CT molecular complexity index is 808. The Labute approximate surface area is 194 Å². The normalized spacial score (nSPS) is 13.3. The number of hydrogen-bond acceptors (Lipinski definition) is 8. The van der Waals surface area contributed by atoms with Crippen molar-refractivity contribution >= 4 is 23.9 Å². The van der Waals surface area contributed by atoms with Gasteiger partial charge < -0.3 is 30.0 Å². The van der Waals surface area contributed by atoms with Crippen molar-refractivity contribution in [2.24, 2.45) is 0 Å². The second-order valence-corrected chi connectivity index (χ2v) is 9.44. The molecule has 1 rings (SSSR count). The van der Waals surface area contributed by atoms with E-state index in [1.807, 2.05) is 0 Å². The van der Waals surface area contributed by atoms with Gasteiger partial charge in [0.05, 0.1) is 13.5 Å². The van der Waals surface area contributed by atoms with Crippen LogP contribution in [0.25, 0.3) is 0 Å². The number of benzene rings is 1. The summed E-state index contributed by atoms with van der Waals surface area (Å²) in [7, 11) is 1.18. The number of rotatable bonds is 8. The second kappa shape index (κ2) is 11.5. The lowest BCUT2D eigenvalue weighted by Gasteiger charge is -2.26.